The number of hydrogen-bond donors (Lipinski definition) is 1. The summed E-state index contributed by atoms with van der Waals surface area (Å²) in [7, 11) is 0. The summed E-state index contributed by atoms with van der Waals surface area (Å²) in [6.07, 6.45) is 2.30. The first-order valence-corrected chi connectivity index (χ1v) is 11.6. The Balaban J connectivity index is 1.40. The minimum atomic E-state index is -0.169. The molecule has 1 heterocycles. The van der Waals surface area contributed by atoms with Gasteiger partial charge in [0.2, 0.25) is 5.91 Å². The fourth-order valence-corrected chi connectivity index (χ4v) is 4.31. The standard InChI is InChI=1S/C22H22Cl2N4OS/c1-14(17-9-10-18(23)19(24)11-17)25-20(29)13-30-22-27-26-21(16-7-8-16)28(22)12-15-5-3-2-4-6-15/h2-6,9-11,14,16H,7-8,12-13H2,1H3,(H,25,29)/t14-/m1/s1. The van der Waals surface area contributed by atoms with Crippen LogP contribution in [0.4, 0.5) is 0 Å². The van der Waals surface area contributed by atoms with Gasteiger partial charge in [-0.25, -0.2) is 0 Å². The van der Waals surface area contributed by atoms with Crippen LogP contribution in [-0.4, -0.2) is 26.4 Å². The van der Waals surface area contributed by atoms with Crippen LogP contribution in [0.25, 0.3) is 0 Å². The lowest BCUT2D eigenvalue weighted by Gasteiger charge is -2.15. The zero-order valence-corrected chi connectivity index (χ0v) is 18.8. The van der Waals surface area contributed by atoms with Gasteiger partial charge in [-0.3, -0.25) is 4.79 Å². The third-order valence-corrected chi connectivity index (χ3v) is 6.73. The predicted molar refractivity (Wildman–Crippen MR) is 121 cm³/mol. The first-order valence-electron chi connectivity index (χ1n) is 9.85. The van der Waals surface area contributed by atoms with Crippen molar-refractivity contribution >= 4 is 40.9 Å². The van der Waals surface area contributed by atoms with Crippen LogP contribution in [0.5, 0.6) is 0 Å². The van der Waals surface area contributed by atoms with Gasteiger partial charge >= 0.3 is 0 Å². The van der Waals surface area contributed by atoms with E-state index in [1.165, 1.54) is 17.3 Å². The lowest BCUT2D eigenvalue weighted by atomic mass is 10.1. The van der Waals surface area contributed by atoms with Gasteiger partial charge in [-0.15, -0.1) is 10.2 Å². The molecule has 5 nitrogen and oxygen atoms in total. The molecule has 0 saturated heterocycles. The summed E-state index contributed by atoms with van der Waals surface area (Å²) in [5.74, 6) is 1.70. The van der Waals surface area contributed by atoms with Gasteiger partial charge in [-0.1, -0.05) is 71.4 Å². The van der Waals surface area contributed by atoms with Crippen molar-refractivity contribution in [3.63, 3.8) is 0 Å². The van der Waals surface area contributed by atoms with Crippen molar-refractivity contribution in [2.75, 3.05) is 5.75 Å². The van der Waals surface area contributed by atoms with E-state index < -0.39 is 0 Å². The van der Waals surface area contributed by atoms with Gasteiger partial charge in [-0.05, 0) is 43.0 Å². The smallest absolute Gasteiger partial charge is 0.230 e. The number of carbonyl (C=O) groups is 1. The molecule has 1 fully saturated rings. The molecule has 2 aromatic carbocycles. The van der Waals surface area contributed by atoms with Crippen LogP contribution >= 0.6 is 35.0 Å². The summed E-state index contributed by atoms with van der Waals surface area (Å²) in [5.41, 5.74) is 2.10. The first kappa shape index (κ1) is 21.2. The number of benzene rings is 2. The molecule has 0 spiro atoms. The second-order valence-corrected chi connectivity index (χ2v) is 9.20. The van der Waals surface area contributed by atoms with Crippen LogP contribution in [0.2, 0.25) is 10.0 Å². The normalized spacial score (nSPS) is 14.5. The average molecular weight is 461 g/mol. The number of rotatable bonds is 8. The highest BCUT2D eigenvalue weighted by Gasteiger charge is 2.30. The predicted octanol–water partition coefficient (Wildman–Crippen LogP) is 5.48. The van der Waals surface area contributed by atoms with E-state index in [1.807, 2.05) is 31.2 Å². The molecule has 0 radical (unpaired) electrons. The van der Waals surface area contributed by atoms with Gasteiger partial charge in [0.25, 0.3) is 0 Å². The zero-order valence-electron chi connectivity index (χ0n) is 16.5. The Labute approximate surface area is 190 Å². The highest BCUT2D eigenvalue weighted by molar-refractivity contribution is 7.99. The quantitative estimate of drug-likeness (QED) is 0.452. The maximum Gasteiger partial charge on any atom is 0.230 e. The Morgan fingerprint density at radius 1 is 1.17 bits per heavy atom. The Morgan fingerprint density at radius 3 is 2.63 bits per heavy atom. The molecule has 8 heteroatoms. The molecule has 1 atom stereocenters. The fourth-order valence-electron chi connectivity index (χ4n) is 3.24. The van der Waals surface area contributed by atoms with E-state index in [0.717, 1.165) is 29.4 Å². The largest absolute Gasteiger partial charge is 0.349 e. The number of nitrogens with zero attached hydrogens (tertiary/aromatic N) is 3. The summed E-state index contributed by atoms with van der Waals surface area (Å²) < 4.78 is 2.15. The molecule has 30 heavy (non-hydrogen) atoms. The molecule has 1 amide bonds. The topological polar surface area (TPSA) is 59.8 Å². The van der Waals surface area contributed by atoms with Crippen molar-refractivity contribution in [2.45, 2.75) is 43.4 Å². The molecule has 1 N–H and O–H groups in total. The SMILES string of the molecule is C[C@@H](NC(=O)CSc1nnc(C2CC2)n1Cc1ccccc1)c1ccc(Cl)c(Cl)c1. The molecule has 1 saturated carbocycles. The highest BCUT2D eigenvalue weighted by atomic mass is 35.5. The second-order valence-electron chi connectivity index (χ2n) is 7.44. The first-order chi connectivity index (χ1) is 14.5. The van der Waals surface area contributed by atoms with Gasteiger partial charge in [0.05, 0.1) is 28.4 Å². The third-order valence-electron chi connectivity index (χ3n) is 5.02. The van der Waals surface area contributed by atoms with E-state index >= 15 is 0 Å². The van der Waals surface area contributed by atoms with Crippen LogP contribution in [0.1, 0.15) is 48.7 Å². The van der Waals surface area contributed by atoms with E-state index in [1.54, 1.807) is 12.1 Å². The summed E-state index contributed by atoms with van der Waals surface area (Å²) in [5, 5.41) is 13.5. The van der Waals surface area contributed by atoms with Crippen molar-refractivity contribution in [1.82, 2.24) is 20.1 Å². The van der Waals surface area contributed by atoms with Gasteiger partial charge in [0.1, 0.15) is 5.82 Å². The molecule has 1 aromatic heterocycles. The molecule has 4 rings (SSSR count). The number of hydrogen-bond acceptors (Lipinski definition) is 4. The number of aromatic nitrogens is 3. The summed E-state index contributed by atoms with van der Waals surface area (Å²) in [6.45, 7) is 2.63. The molecule has 0 bridgehead atoms. The minimum Gasteiger partial charge on any atom is -0.349 e. The fraction of sp³-hybridized carbons (Fsp3) is 0.318. The number of nitrogens with one attached hydrogen (secondary N) is 1. The van der Waals surface area contributed by atoms with Crippen LogP contribution in [0, 0.1) is 0 Å². The van der Waals surface area contributed by atoms with E-state index in [9.17, 15) is 4.79 Å². The second kappa shape index (κ2) is 9.41. The lowest BCUT2D eigenvalue weighted by molar-refractivity contribution is -0.119. The van der Waals surface area contributed by atoms with Gasteiger partial charge in [-0.2, -0.15) is 0 Å². The van der Waals surface area contributed by atoms with Crippen LogP contribution < -0.4 is 5.32 Å². The molecule has 156 valence electrons. The molecule has 1 aliphatic rings. The van der Waals surface area contributed by atoms with Crippen LogP contribution in [0.3, 0.4) is 0 Å². The van der Waals surface area contributed by atoms with E-state index in [-0.39, 0.29) is 17.7 Å². The maximum absolute atomic E-state index is 12.5. The Kier molecular flexibility index (Phi) is 6.66. The maximum atomic E-state index is 12.5. The van der Waals surface area contributed by atoms with Crippen LogP contribution in [-0.2, 0) is 11.3 Å². The van der Waals surface area contributed by atoms with Crippen molar-refractivity contribution in [1.29, 1.82) is 0 Å². The minimum absolute atomic E-state index is 0.0687. The highest BCUT2D eigenvalue weighted by Crippen LogP contribution is 2.40. The number of thioether (sulfide) groups is 1. The average Bonchev–Trinajstić information content (AvgIpc) is 3.51. The number of carbonyl (C=O) groups excluding carboxylic acids is 1. The van der Waals surface area contributed by atoms with Crippen molar-refractivity contribution < 1.29 is 4.79 Å². The molecule has 0 unspecified atom stereocenters. The summed E-state index contributed by atoms with van der Waals surface area (Å²) >= 11 is 13.5. The van der Waals surface area contributed by atoms with Gasteiger partial charge < -0.3 is 9.88 Å². The molecule has 0 aliphatic heterocycles. The van der Waals surface area contributed by atoms with Crippen LogP contribution in [0.15, 0.2) is 53.7 Å². The van der Waals surface area contributed by atoms with E-state index in [2.05, 4.69) is 32.2 Å². The van der Waals surface area contributed by atoms with Crippen molar-refractivity contribution in [2.24, 2.45) is 0 Å². The Bertz CT molecular complexity index is 1040. The Morgan fingerprint density at radius 2 is 1.93 bits per heavy atom. The third kappa shape index (κ3) is 5.17. The molecule has 1 aliphatic carbocycles. The van der Waals surface area contributed by atoms with E-state index in [0.29, 0.717) is 22.5 Å². The summed E-state index contributed by atoms with van der Waals surface area (Å²) in [6, 6.07) is 15.5. The zero-order chi connectivity index (χ0) is 21.1. The molecular formula is C22H22Cl2N4OS. The van der Waals surface area contributed by atoms with E-state index in [4.69, 9.17) is 23.2 Å². The van der Waals surface area contributed by atoms with Gasteiger partial charge in [0.15, 0.2) is 5.16 Å². The lowest BCUT2D eigenvalue weighted by Crippen LogP contribution is -2.28. The Hall–Kier alpha value is -2.02. The molecular weight excluding hydrogens is 439 g/mol. The molecule has 3 aromatic rings. The number of amides is 1. The number of halogens is 2. The summed E-state index contributed by atoms with van der Waals surface area (Å²) in [4.78, 5) is 12.5. The monoisotopic (exact) mass is 460 g/mol. The van der Waals surface area contributed by atoms with Gasteiger partial charge in [0, 0.05) is 5.92 Å². The van der Waals surface area contributed by atoms with Crippen molar-refractivity contribution in [3.05, 3.63) is 75.5 Å². The van der Waals surface area contributed by atoms with Crippen molar-refractivity contribution in [3.8, 4) is 0 Å².